The zero-order valence-corrected chi connectivity index (χ0v) is 12.8. The van der Waals surface area contributed by atoms with E-state index in [1.165, 1.54) is 12.8 Å². The fraction of sp³-hybridized carbons (Fsp3) is 0.588. The largest absolute Gasteiger partial charge is 0.380 e. The molecule has 0 unspecified atom stereocenters. The predicted octanol–water partition coefficient (Wildman–Crippen LogP) is 3.48. The topological polar surface area (TPSA) is 29.5 Å². The van der Waals surface area contributed by atoms with Crippen LogP contribution in [0.5, 0.6) is 0 Å². The van der Waals surface area contributed by atoms with Crippen LogP contribution in [0.2, 0.25) is 0 Å². The van der Waals surface area contributed by atoms with E-state index in [4.69, 9.17) is 4.74 Å². The van der Waals surface area contributed by atoms with Crippen LogP contribution in [0, 0.1) is 5.92 Å². The van der Waals surface area contributed by atoms with Crippen LogP contribution in [0.4, 0.5) is 0 Å². The molecule has 3 heteroatoms. The second kappa shape index (κ2) is 6.89. The lowest BCUT2D eigenvalue weighted by atomic mass is 9.86. The Bertz CT molecular complexity index is 450. The van der Waals surface area contributed by atoms with Crippen LogP contribution >= 0.6 is 0 Å². The smallest absolute Gasteiger partial charge is 0.253 e. The highest BCUT2D eigenvalue weighted by atomic mass is 16.5. The van der Waals surface area contributed by atoms with Crippen LogP contribution in [-0.2, 0) is 11.3 Å². The number of methoxy groups -OCH3 is 1. The number of carbonyl (C=O) groups is 1. The molecule has 1 aliphatic carbocycles. The molecule has 1 aromatic carbocycles. The van der Waals surface area contributed by atoms with Crippen molar-refractivity contribution in [2.75, 3.05) is 14.2 Å². The maximum atomic E-state index is 12.6. The van der Waals surface area contributed by atoms with Gasteiger partial charge in [-0.15, -0.1) is 0 Å². The van der Waals surface area contributed by atoms with E-state index in [1.807, 2.05) is 36.2 Å². The van der Waals surface area contributed by atoms with Crippen molar-refractivity contribution in [1.29, 1.82) is 0 Å². The summed E-state index contributed by atoms with van der Waals surface area (Å²) in [4.78, 5) is 14.5. The second-order valence-corrected chi connectivity index (χ2v) is 5.96. The van der Waals surface area contributed by atoms with Crippen molar-refractivity contribution < 1.29 is 9.53 Å². The number of benzene rings is 1. The third kappa shape index (κ3) is 3.60. The molecule has 0 radical (unpaired) electrons. The Morgan fingerprint density at radius 3 is 2.65 bits per heavy atom. The van der Waals surface area contributed by atoms with Crippen LogP contribution in [-0.4, -0.2) is 31.0 Å². The Kier molecular flexibility index (Phi) is 5.18. The van der Waals surface area contributed by atoms with Gasteiger partial charge in [-0.1, -0.05) is 19.1 Å². The minimum absolute atomic E-state index is 0.127. The van der Waals surface area contributed by atoms with Gasteiger partial charge in [0.25, 0.3) is 5.91 Å². The zero-order valence-electron chi connectivity index (χ0n) is 12.8. The van der Waals surface area contributed by atoms with Gasteiger partial charge in [-0.2, -0.15) is 0 Å². The standard InChI is InChI=1S/C17H25NO2/c1-13-7-9-16(10-8-13)18(2)17(19)15-6-4-5-14(11-15)12-20-3/h4-6,11,13,16H,7-10,12H2,1-3H3. The summed E-state index contributed by atoms with van der Waals surface area (Å²) in [6.45, 7) is 2.85. The van der Waals surface area contributed by atoms with Gasteiger partial charge in [0.2, 0.25) is 0 Å². The van der Waals surface area contributed by atoms with E-state index >= 15 is 0 Å². The Morgan fingerprint density at radius 2 is 2.00 bits per heavy atom. The molecular formula is C17H25NO2. The van der Waals surface area contributed by atoms with Crippen molar-refractivity contribution >= 4 is 5.91 Å². The molecule has 1 amide bonds. The van der Waals surface area contributed by atoms with Gasteiger partial charge in [-0.05, 0) is 49.3 Å². The summed E-state index contributed by atoms with van der Waals surface area (Å²) in [5.41, 5.74) is 1.81. The molecule has 1 aliphatic rings. The fourth-order valence-electron chi connectivity index (χ4n) is 2.96. The van der Waals surface area contributed by atoms with Gasteiger partial charge in [-0.3, -0.25) is 4.79 Å². The van der Waals surface area contributed by atoms with Crippen molar-refractivity contribution in [3.63, 3.8) is 0 Å². The van der Waals surface area contributed by atoms with Crippen molar-refractivity contribution in [3.05, 3.63) is 35.4 Å². The van der Waals surface area contributed by atoms with Gasteiger partial charge >= 0.3 is 0 Å². The number of hydrogen-bond donors (Lipinski definition) is 0. The first-order valence-corrected chi connectivity index (χ1v) is 7.47. The quantitative estimate of drug-likeness (QED) is 0.842. The number of ether oxygens (including phenoxy) is 1. The van der Waals surface area contributed by atoms with E-state index in [-0.39, 0.29) is 5.91 Å². The summed E-state index contributed by atoms with van der Waals surface area (Å²) in [7, 11) is 3.61. The van der Waals surface area contributed by atoms with Gasteiger partial charge in [0.15, 0.2) is 0 Å². The monoisotopic (exact) mass is 275 g/mol. The molecule has 1 aromatic rings. The summed E-state index contributed by atoms with van der Waals surface area (Å²) in [5, 5.41) is 0. The molecule has 1 fully saturated rings. The lowest BCUT2D eigenvalue weighted by molar-refractivity contribution is 0.0679. The van der Waals surface area contributed by atoms with Crippen LogP contribution in [0.1, 0.15) is 48.5 Å². The first kappa shape index (κ1) is 15.0. The number of hydrogen-bond acceptors (Lipinski definition) is 2. The molecule has 0 bridgehead atoms. The molecular weight excluding hydrogens is 250 g/mol. The molecule has 20 heavy (non-hydrogen) atoms. The molecule has 110 valence electrons. The number of carbonyl (C=O) groups excluding carboxylic acids is 1. The molecule has 2 rings (SSSR count). The van der Waals surface area contributed by atoms with Crippen molar-refractivity contribution in [2.24, 2.45) is 5.92 Å². The highest BCUT2D eigenvalue weighted by molar-refractivity contribution is 5.94. The van der Waals surface area contributed by atoms with Crippen molar-refractivity contribution in [1.82, 2.24) is 4.90 Å². The normalized spacial score (nSPS) is 22.6. The number of amides is 1. The second-order valence-electron chi connectivity index (χ2n) is 5.96. The highest BCUT2D eigenvalue weighted by Gasteiger charge is 2.25. The molecule has 0 atom stereocenters. The Labute approximate surface area is 121 Å². The van der Waals surface area contributed by atoms with Gasteiger partial charge < -0.3 is 9.64 Å². The summed E-state index contributed by atoms with van der Waals surface area (Å²) >= 11 is 0. The molecule has 1 saturated carbocycles. The Balaban J connectivity index is 2.04. The number of rotatable bonds is 4. The van der Waals surface area contributed by atoms with Crippen LogP contribution in [0.3, 0.4) is 0 Å². The van der Waals surface area contributed by atoms with Crippen molar-refractivity contribution in [2.45, 2.75) is 45.3 Å². The third-order valence-corrected chi connectivity index (χ3v) is 4.34. The summed E-state index contributed by atoms with van der Waals surface area (Å²) < 4.78 is 5.13. The van der Waals surface area contributed by atoms with Gasteiger partial charge in [0.1, 0.15) is 0 Å². The van der Waals surface area contributed by atoms with Crippen molar-refractivity contribution in [3.8, 4) is 0 Å². The van der Waals surface area contributed by atoms with E-state index in [0.29, 0.717) is 12.6 Å². The van der Waals surface area contributed by atoms with Gasteiger partial charge in [-0.25, -0.2) is 0 Å². The molecule has 0 spiro atoms. The maximum Gasteiger partial charge on any atom is 0.253 e. The van der Waals surface area contributed by atoms with Crippen LogP contribution in [0.15, 0.2) is 24.3 Å². The first-order chi connectivity index (χ1) is 9.61. The van der Waals surface area contributed by atoms with E-state index in [0.717, 1.165) is 29.9 Å². The number of nitrogens with zero attached hydrogens (tertiary/aromatic N) is 1. The van der Waals surface area contributed by atoms with Crippen LogP contribution in [0.25, 0.3) is 0 Å². The molecule has 0 aromatic heterocycles. The van der Waals surface area contributed by atoms with E-state index in [9.17, 15) is 4.79 Å². The summed E-state index contributed by atoms with van der Waals surface area (Å²) in [5.74, 6) is 0.933. The average Bonchev–Trinajstić information content (AvgIpc) is 2.47. The third-order valence-electron chi connectivity index (χ3n) is 4.34. The zero-order chi connectivity index (χ0) is 14.5. The van der Waals surface area contributed by atoms with Crippen LogP contribution < -0.4 is 0 Å². The average molecular weight is 275 g/mol. The minimum Gasteiger partial charge on any atom is -0.380 e. The first-order valence-electron chi connectivity index (χ1n) is 7.47. The summed E-state index contributed by atoms with van der Waals surface area (Å²) in [6.07, 6.45) is 4.71. The molecule has 0 N–H and O–H groups in total. The maximum absolute atomic E-state index is 12.6. The highest BCUT2D eigenvalue weighted by Crippen LogP contribution is 2.27. The minimum atomic E-state index is 0.127. The molecule has 0 aliphatic heterocycles. The lowest BCUT2D eigenvalue weighted by Gasteiger charge is -2.33. The Hall–Kier alpha value is -1.35. The van der Waals surface area contributed by atoms with E-state index < -0.39 is 0 Å². The predicted molar refractivity (Wildman–Crippen MR) is 80.7 cm³/mol. The molecule has 0 heterocycles. The van der Waals surface area contributed by atoms with E-state index in [1.54, 1.807) is 7.11 Å². The fourth-order valence-corrected chi connectivity index (χ4v) is 2.96. The Morgan fingerprint density at radius 1 is 1.30 bits per heavy atom. The van der Waals surface area contributed by atoms with Gasteiger partial charge in [0.05, 0.1) is 6.61 Å². The van der Waals surface area contributed by atoms with E-state index in [2.05, 4.69) is 6.92 Å². The summed E-state index contributed by atoms with van der Waals surface area (Å²) in [6, 6.07) is 8.14. The SMILES string of the molecule is COCc1cccc(C(=O)N(C)C2CCC(C)CC2)c1. The molecule has 0 saturated heterocycles. The lowest BCUT2D eigenvalue weighted by Crippen LogP contribution is -2.39. The van der Waals surface area contributed by atoms with Gasteiger partial charge in [0, 0.05) is 25.8 Å². The molecule has 3 nitrogen and oxygen atoms in total.